The number of aliphatic imine (C=N–C) groups is 1. The van der Waals surface area contributed by atoms with E-state index in [9.17, 15) is 9.59 Å². The smallest absolute Gasteiger partial charge is 0.256 e. The number of Topliss-reactive ketones (excluding diaryl/α,β-unsaturated/α-hetero) is 1. The quantitative estimate of drug-likeness (QED) is 0.209. The second kappa shape index (κ2) is 12.9. The number of carbonyl (C=O) groups is 2. The van der Waals surface area contributed by atoms with Crippen LogP contribution in [0.4, 0.5) is 5.82 Å². The summed E-state index contributed by atoms with van der Waals surface area (Å²) in [6.07, 6.45) is 5.46. The lowest BCUT2D eigenvalue weighted by molar-refractivity contribution is -0.132. The molecule has 2 heterocycles. The number of nitrogens with one attached hydrogen (secondary N) is 1. The monoisotopic (exact) mass is 614 g/mol. The van der Waals surface area contributed by atoms with Crippen LogP contribution in [0, 0.1) is 25.7 Å². The van der Waals surface area contributed by atoms with Crippen molar-refractivity contribution >= 4 is 35.3 Å². The number of rotatable bonds is 12. The number of aryl methyl sites for hydroxylation is 1. The van der Waals surface area contributed by atoms with Crippen molar-refractivity contribution in [3.05, 3.63) is 64.9 Å². The molecule has 232 valence electrons. The van der Waals surface area contributed by atoms with Crippen LogP contribution in [0.5, 0.6) is 0 Å². The highest BCUT2D eigenvalue weighted by molar-refractivity contribution is 8.00. The highest BCUT2D eigenvalue weighted by Gasteiger charge is 2.57. The van der Waals surface area contributed by atoms with Gasteiger partial charge in [0.1, 0.15) is 22.9 Å². The molecule has 1 N–H and O–H groups in total. The molecule has 2 unspecified atom stereocenters. The lowest BCUT2D eigenvalue weighted by Crippen LogP contribution is -2.41. The molecule has 3 aliphatic rings. The summed E-state index contributed by atoms with van der Waals surface area (Å²) in [5.41, 5.74) is 4.63. The Hall–Kier alpha value is -3.43. The van der Waals surface area contributed by atoms with E-state index in [4.69, 9.17) is 14.3 Å². The normalized spacial score (nSPS) is 22.7. The lowest BCUT2D eigenvalue weighted by atomic mass is 9.93. The first-order valence-electron chi connectivity index (χ1n) is 15.9. The zero-order chi connectivity index (χ0) is 30.8. The van der Waals surface area contributed by atoms with Crippen LogP contribution in [0.1, 0.15) is 81.2 Å². The van der Waals surface area contributed by atoms with Gasteiger partial charge in [0, 0.05) is 36.3 Å². The number of benzene rings is 2. The maximum Gasteiger partial charge on any atom is 0.256 e. The number of ketones is 1. The van der Waals surface area contributed by atoms with E-state index >= 15 is 0 Å². The first-order chi connectivity index (χ1) is 21.3. The van der Waals surface area contributed by atoms with Gasteiger partial charge in [-0.05, 0) is 92.1 Å². The van der Waals surface area contributed by atoms with E-state index in [1.165, 1.54) is 11.9 Å². The van der Waals surface area contributed by atoms with Crippen LogP contribution in [0.2, 0.25) is 0 Å². The third-order valence-corrected chi connectivity index (χ3v) is 10.3. The average molecular weight is 615 g/mol. The maximum atomic E-state index is 14.1. The molecular weight excluding hydrogens is 572 g/mol. The number of nitrogens with zero attached hydrogens (tertiary/aromatic N) is 3. The summed E-state index contributed by atoms with van der Waals surface area (Å²) in [5.74, 6) is 3.48. The van der Waals surface area contributed by atoms with Gasteiger partial charge in [-0.3, -0.25) is 19.5 Å². The summed E-state index contributed by atoms with van der Waals surface area (Å²) in [4.78, 5) is 34.3. The van der Waals surface area contributed by atoms with Gasteiger partial charge in [0.2, 0.25) is 0 Å². The molecule has 1 aromatic heterocycles. The van der Waals surface area contributed by atoms with E-state index in [0.717, 1.165) is 69.4 Å². The van der Waals surface area contributed by atoms with Crippen molar-refractivity contribution in [2.45, 2.75) is 96.2 Å². The molecule has 2 atom stereocenters. The fourth-order valence-electron chi connectivity index (χ4n) is 7.03. The zero-order valence-electron chi connectivity index (χ0n) is 26.2. The molecule has 0 saturated heterocycles. The Morgan fingerprint density at radius 1 is 1.07 bits per heavy atom. The number of carbonyl (C=O) groups excluding carboxylic acids is 2. The fraction of sp³-hybridized carbons (Fsp3) is 0.486. The number of hydrogen-bond acceptors (Lipinski definition) is 8. The van der Waals surface area contributed by atoms with Crippen molar-refractivity contribution in [1.82, 2.24) is 10.1 Å². The third kappa shape index (κ3) is 5.96. The van der Waals surface area contributed by atoms with Gasteiger partial charge in [0.15, 0.2) is 5.82 Å². The minimum Gasteiger partial charge on any atom is -0.377 e. The molecule has 1 spiro atoms. The largest absolute Gasteiger partial charge is 0.377 e. The SMILES string of the molecule is CCCCC1=NC2(CC3CC(=O)CC3C2)C(=O)N1Cc1ccc(-c2ccccc2SNc2noc(C)c2C)c(COCC)c1. The first kappa shape index (κ1) is 30.6. The predicted molar refractivity (Wildman–Crippen MR) is 173 cm³/mol. The minimum absolute atomic E-state index is 0.118. The van der Waals surface area contributed by atoms with Gasteiger partial charge < -0.3 is 14.0 Å². The van der Waals surface area contributed by atoms with Gasteiger partial charge in [-0.25, -0.2) is 0 Å². The van der Waals surface area contributed by atoms with E-state index in [1.807, 2.05) is 37.8 Å². The fourth-order valence-corrected chi connectivity index (χ4v) is 7.86. The van der Waals surface area contributed by atoms with Crippen molar-refractivity contribution in [2.75, 3.05) is 11.3 Å². The Morgan fingerprint density at radius 2 is 1.84 bits per heavy atom. The van der Waals surface area contributed by atoms with Crippen LogP contribution < -0.4 is 4.72 Å². The Labute approximate surface area is 264 Å². The molecule has 9 heteroatoms. The topological polar surface area (TPSA) is 97.0 Å². The van der Waals surface area contributed by atoms with Crippen LogP contribution in [-0.2, 0) is 27.5 Å². The van der Waals surface area contributed by atoms with Crippen LogP contribution in [-0.4, -0.2) is 39.7 Å². The molecule has 2 aliphatic carbocycles. The van der Waals surface area contributed by atoms with Crippen molar-refractivity contribution in [1.29, 1.82) is 0 Å². The van der Waals surface area contributed by atoms with Crippen molar-refractivity contribution < 1.29 is 18.8 Å². The van der Waals surface area contributed by atoms with Gasteiger partial charge in [-0.2, -0.15) is 0 Å². The molecule has 3 aromatic rings. The van der Waals surface area contributed by atoms with Gasteiger partial charge in [0.05, 0.1) is 13.2 Å². The van der Waals surface area contributed by atoms with Crippen molar-refractivity contribution in [3.8, 4) is 11.1 Å². The van der Waals surface area contributed by atoms with Crippen LogP contribution in [0.3, 0.4) is 0 Å². The van der Waals surface area contributed by atoms with Gasteiger partial charge in [0.25, 0.3) is 5.91 Å². The highest BCUT2D eigenvalue weighted by atomic mass is 32.2. The molecule has 2 saturated carbocycles. The average Bonchev–Trinajstić information content (AvgIpc) is 3.71. The Morgan fingerprint density at radius 3 is 2.55 bits per heavy atom. The number of amides is 1. The number of aromatic nitrogens is 1. The molecule has 6 rings (SSSR count). The van der Waals surface area contributed by atoms with Crippen LogP contribution in [0.15, 0.2) is 56.9 Å². The summed E-state index contributed by atoms with van der Waals surface area (Å²) >= 11 is 1.51. The number of fused-ring (bicyclic) bond motifs is 1. The van der Waals surface area contributed by atoms with Crippen molar-refractivity contribution in [2.24, 2.45) is 16.8 Å². The molecular formula is C35H42N4O4S. The van der Waals surface area contributed by atoms with E-state index in [0.29, 0.717) is 63.1 Å². The lowest BCUT2D eigenvalue weighted by Gasteiger charge is -2.24. The zero-order valence-corrected chi connectivity index (χ0v) is 27.0. The van der Waals surface area contributed by atoms with E-state index in [2.05, 4.69) is 47.1 Å². The minimum atomic E-state index is -0.683. The molecule has 1 aliphatic heterocycles. The third-order valence-electron chi connectivity index (χ3n) is 9.46. The van der Waals surface area contributed by atoms with E-state index in [-0.39, 0.29) is 5.91 Å². The molecule has 8 nitrogen and oxygen atoms in total. The van der Waals surface area contributed by atoms with E-state index in [1.54, 1.807) is 0 Å². The maximum absolute atomic E-state index is 14.1. The molecule has 0 bridgehead atoms. The molecule has 44 heavy (non-hydrogen) atoms. The predicted octanol–water partition coefficient (Wildman–Crippen LogP) is 7.67. The summed E-state index contributed by atoms with van der Waals surface area (Å²) in [5, 5.41) is 4.14. The first-order valence-corrected chi connectivity index (χ1v) is 16.7. The van der Waals surface area contributed by atoms with Crippen molar-refractivity contribution in [3.63, 3.8) is 0 Å². The molecule has 1 amide bonds. The van der Waals surface area contributed by atoms with Gasteiger partial charge >= 0.3 is 0 Å². The summed E-state index contributed by atoms with van der Waals surface area (Å²) in [6, 6.07) is 14.8. The summed E-state index contributed by atoms with van der Waals surface area (Å²) in [7, 11) is 0. The number of unbranched alkanes of at least 4 members (excludes halogenated alkanes) is 1. The number of hydrogen-bond donors (Lipinski definition) is 1. The standard InChI is InChI=1S/C35H42N4O4S/c1-5-7-12-32-36-35(18-25-16-28(40)17-26(25)19-35)34(41)39(32)20-24-13-14-29(27(15-24)21-42-6-2)30-10-8-9-11-31(30)44-38-33-22(3)23(4)43-37-33/h8-11,13-15,25-26H,5-7,12,16-21H2,1-4H3,(H,37,38). The number of anilines is 1. The number of amidine groups is 1. The van der Waals surface area contributed by atoms with Crippen LogP contribution in [0.25, 0.3) is 11.1 Å². The molecule has 2 aromatic carbocycles. The van der Waals surface area contributed by atoms with Gasteiger partial charge in [-0.1, -0.05) is 54.9 Å². The Kier molecular flexibility index (Phi) is 8.96. The highest BCUT2D eigenvalue weighted by Crippen LogP contribution is 2.52. The summed E-state index contributed by atoms with van der Waals surface area (Å²) < 4.78 is 14.6. The number of ether oxygens (including phenoxy) is 1. The second-order valence-corrected chi connectivity index (χ2v) is 13.3. The van der Waals surface area contributed by atoms with Crippen LogP contribution >= 0.6 is 11.9 Å². The summed E-state index contributed by atoms with van der Waals surface area (Å²) in [6.45, 7) is 9.63. The second-order valence-electron chi connectivity index (χ2n) is 12.5. The Bertz CT molecular complexity index is 1560. The van der Waals surface area contributed by atoms with Gasteiger partial charge in [-0.15, -0.1) is 0 Å². The molecule has 0 radical (unpaired) electrons. The molecule has 2 fully saturated rings. The van der Waals surface area contributed by atoms with E-state index < -0.39 is 5.54 Å². The Balaban J connectivity index is 1.26.